The lowest BCUT2D eigenvalue weighted by Crippen LogP contribution is -2.17. The van der Waals surface area contributed by atoms with Gasteiger partial charge in [-0.1, -0.05) is 263 Å². The molecule has 0 aliphatic carbocycles. The molecule has 0 N–H and O–H groups in total. The van der Waals surface area contributed by atoms with Crippen LogP contribution in [0.3, 0.4) is 0 Å². The summed E-state index contributed by atoms with van der Waals surface area (Å²) in [5, 5.41) is 0. The van der Waals surface area contributed by atoms with Gasteiger partial charge in [-0.25, -0.2) is 0 Å². The van der Waals surface area contributed by atoms with E-state index in [1.54, 1.807) is 0 Å². The monoisotopic (exact) mass is 907 g/mol. The highest BCUT2D eigenvalue weighted by atomic mass is 14.3. The maximum absolute atomic E-state index is 2.54. The number of rotatable bonds is 5. The lowest BCUT2D eigenvalue weighted by atomic mass is 9.76. The smallest absolute Gasteiger partial charge is 0.00928 e. The first kappa shape index (κ1) is 52.7. The van der Waals surface area contributed by atoms with E-state index < -0.39 is 0 Å². The van der Waals surface area contributed by atoms with E-state index in [0.29, 0.717) is 0 Å². The highest BCUT2D eigenvalue weighted by Gasteiger charge is 2.28. The minimum Gasteiger partial charge on any atom is -0.0561 e. The van der Waals surface area contributed by atoms with Crippen molar-refractivity contribution in [1.29, 1.82) is 0 Å². The molecule has 0 aromatic heterocycles. The molecule has 362 valence electrons. The second kappa shape index (κ2) is 17.6. The minimum absolute atomic E-state index is 0.00658. The van der Waals surface area contributed by atoms with Gasteiger partial charge in [0.05, 0.1) is 0 Å². The average molecular weight is 907 g/mol. The summed E-state index contributed by atoms with van der Waals surface area (Å²) in [5.74, 6) is 0. The Morgan fingerprint density at radius 1 is 0.162 bits per heavy atom. The highest BCUT2D eigenvalue weighted by molar-refractivity contribution is 5.96. The van der Waals surface area contributed by atoms with Crippen LogP contribution >= 0.6 is 0 Å². The zero-order valence-electron chi connectivity index (χ0n) is 47.4. The fourth-order valence-corrected chi connectivity index (χ4v) is 9.02. The highest BCUT2D eigenvalue weighted by Crippen LogP contribution is 2.47. The Morgan fingerprint density at radius 3 is 0.515 bits per heavy atom. The summed E-state index contributed by atoms with van der Waals surface area (Å²) in [5.41, 5.74) is 23.3. The SMILES string of the molecule is CC(C)(C)c1cc(-c2ccc(-c3cc(C(C)(C)C)cc(C(C)(C)C)c3)c(-c3cc(-c4cc(C(C)(C)C)cc(C(C)(C)C)c4)ccc3-c3cc(C(C)(C)C)cc(C(C)(C)C)c3)c2)cc(C(C)(C)C)c1. The molecule has 68 heavy (non-hydrogen) atoms. The molecular formula is C68H90. The van der Waals surface area contributed by atoms with E-state index in [2.05, 4.69) is 275 Å². The van der Waals surface area contributed by atoms with Gasteiger partial charge in [-0.2, -0.15) is 0 Å². The van der Waals surface area contributed by atoms with Crippen LogP contribution < -0.4 is 0 Å². The first-order valence-corrected chi connectivity index (χ1v) is 25.7. The third-order valence-electron chi connectivity index (χ3n) is 14.3. The Morgan fingerprint density at radius 2 is 0.338 bits per heavy atom. The van der Waals surface area contributed by atoms with Gasteiger partial charge in [0, 0.05) is 0 Å². The summed E-state index contributed by atoms with van der Waals surface area (Å²) < 4.78 is 0. The molecule has 0 heteroatoms. The number of hydrogen-bond acceptors (Lipinski definition) is 0. The van der Waals surface area contributed by atoms with Crippen LogP contribution in [-0.2, 0) is 43.3 Å². The molecule has 0 nitrogen and oxygen atoms in total. The van der Waals surface area contributed by atoms with Crippen LogP contribution in [-0.4, -0.2) is 0 Å². The van der Waals surface area contributed by atoms with Crippen molar-refractivity contribution in [2.24, 2.45) is 0 Å². The van der Waals surface area contributed by atoms with Crippen molar-refractivity contribution in [1.82, 2.24) is 0 Å². The van der Waals surface area contributed by atoms with E-state index in [-0.39, 0.29) is 43.3 Å². The first-order valence-electron chi connectivity index (χ1n) is 25.7. The van der Waals surface area contributed by atoms with Gasteiger partial charge in [0.25, 0.3) is 0 Å². The topological polar surface area (TPSA) is 0 Å². The fourth-order valence-electron chi connectivity index (χ4n) is 9.02. The quantitative estimate of drug-likeness (QED) is 0.162. The molecule has 0 radical (unpaired) electrons. The maximum Gasteiger partial charge on any atom is -0.00928 e. The van der Waals surface area contributed by atoms with Gasteiger partial charge in [-0.15, -0.1) is 0 Å². The van der Waals surface area contributed by atoms with Crippen molar-refractivity contribution < 1.29 is 0 Å². The van der Waals surface area contributed by atoms with Gasteiger partial charge in [-0.3, -0.25) is 0 Å². The summed E-state index contributed by atoms with van der Waals surface area (Å²) in [7, 11) is 0. The molecule has 0 atom stereocenters. The Kier molecular flexibility index (Phi) is 13.7. The minimum atomic E-state index is -0.0302. The Bertz CT molecular complexity index is 2490. The van der Waals surface area contributed by atoms with Crippen LogP contribution in [0.15, 0.2) is 109 Å². The molecule has 0 amide bonds. The van der Waals surface area contributed by atoms with E-state index in [1.165, 1.54) is 100 Å². The largest absolute Gasteiger partial charge is 0.0561 e. The summed E-state index contributed by atoms with van der Waals surface area (Å²) in [6.07, 6.45) is 0. The van der Waals surface area contributed by atoms with E-state index >= 15 is 0 Å². The second-order valence-corrected chi connectivity index (χ2v) is 28.7. The molecule has 6 rings (SSSR count). The molecular weight excluding hydrogens is 817 g/mol. The van der Waals surface area contributed by atoms with Crippen LogP contribution in [0.25, 0.3) is 55.6 Å². The number of hydrogen-bond donors (Lipinski definition) is 0. The molecule has 0 aliphatic rings. The second-order valence-electron chi connectivity index (χ2n) is 28.7. The summed E-state index contributed by atoms with van der Waals surface area (Å²) in [6.45, 7) is 56.4. The van der Waals surface area contributed by atoms with Crippen LogP contribution in [0.5, 0.6) is 0 Å². The molecule has 0 saturated heterocycles. The molecule has 0 bridgehead atoms. The van der Waals surface area contributed by atoms with Crippen LogP contribution in [0.4, 0.5) is 0 Å². The molecule has 0 heterocycles. The Labute approximate surface area is 416 Å². The standard InChI is InChI=1S/C68H90/c1-61(2,3)49-29-45(30-50(39-49)62(4,5)6)43-25-27-57(47-33-53(65(13,14)15)41-54(34-47)66(16,17)18)59(37-43)60-38-44(46-31-51(63(7,8)9)40-52(32-46)64(10,11)12)26-28-58(60)48-35-55(67(19,20)21)42-56(36-48)68(22,23)24/h25-42H,1-24H3. The maximum atomic E-state index is 2.54. The normalized spacial score (nSPS) is 13.6. The summed E-state index contributed by atoms with van der Waals surface area (Å²) >= 11 is 0. The molecule has 6 aromatic carbocycles. The molecule has 0 saturated carbocycles. The third kappa shape index (κ3) is 11.8. The van der Waals surface area contributed by atoms with Crippen LogP contribution in [0, 0.1) is 0 Å². The Balaban J connectivity index is 1.86. The predicted molar refractivity (Wildman–Crippen MR) is 303 cm³/mol. The van der Waals surface area contributed by atoms with E-state index in [9.17, 15) is 0 Å². The van der Waals surface area contributed by atoms with Gasteiger partial charge >= 0.3 is 0 Å². The van der Waals surface area contributed by atoms with E-state index in [4.69, 9.17) is 0 Å². The van der Waals surface area contributed by atoms with Crippen LogP contribution in [0.2, 0.25) is 0 Å². The van der Waals surface area contributed by atoms with Gasteiger partial charge < -0.3 is 0 Å². The van der Waals surface area contributed by atoms with Gasteiger partial charge in [-0.05, 0) is 156 Å². The molecule has 0 fully saturated rings. The first-order chi connectivity index (χ1) is 30.7. The summed E-state index contributed by atoms with van der Waals surface area (Å²) in [4.78, 5) is 0. The zero-order chi connectivity index (χ0) is 51.1. The van der Waals surface area contributed by atoms with Gasteiger partial charge in [0.1, 0.15) is 0 Å². The van der Waals surface area contributed by atoms with Crippen molar-refractivity contribution in [2.45, 2.75) is 209 Å². The lowest BCUT2D eigenvalue weighted by Gasteiger charge is -2.28. The van der Waals surface area contributed by atoms with E-state index in [0.717, 1.165) is 0 Å². The predicted octanol–water partition coefficient (Wildman–Crippen LogP) is 20.4. The Hall–Kier alpha value is -4.68. The molecule has 6 aromatic rings. The van der Waals surface area contributed by atoms with Crippen molar-refractivity contribution >= 4 is 0 Å². The van der Waals surface area contributed by atoms with Crippen molar-refractivity contribution in [3.8, 4) is 55.6 Å². The lowest BCUT2D eigenvalue weighted by molar-refractivity contribution is 0.568. The molecule has 0 unspecified atom stereocenters. The molecule has 0 aliphatic heterocycles. The number of benzene rings is 6. The fraction of sp³-hybridized carbons (Fsp3) is 0.471. The third-order valence-corrected chi connectivity index (χ3v) is 14.3. The van der Waals surface area contributed by atoms with Crippen molar-refractivity contribution in [3.63, 3.8) is 0 Å². The van der Waals surface area contributed by atoms with Gasteiger partial charge in [0.15, 0.2) is 0 Å². The van der Waals surface area contributed by atoms with Gasteiger partial charge in [0.2, 0.25) is 0 Å². The zero-order valence-corrected chi connectivity index (χ0v) is 47.4. The van der Waals surface area contributed by atoms with Crippen molar-refractivity contribution in [2.75, 3.05) is 0 Å². The summed E-state index contributed by atoms with van der Waals surface area (Å²) in [6, 6.07) is 44.3. The van der Waals surface area contributed by atoms with Crippen molar-refractivity contribution in [3.05, 3.63) is 154 Å². The van der Waals surface area contributed by atoms with Crippen LogP contribution in [0.1, 0.15) is 211 Å². The molecule has 0 spiro atoms. The average Bonchev–Trinajstić information content (AvgIpc) is 3.20. The van der Waals surface area contributed by atoms with E-state index in [1.807, 2.05) is 0 Å².